The van der Waals surface area contributed by atoms with E-state index in [0.717, 1.165) is 11.1 Å². The van der Waals surface area contributed by atoms with Gasteiger partial charge in [0.05, 0.1) is 4.91 Å². The molecule has 0 radical (unpaired) electrons. The van der Waals surface area contributed by atoms with E-state index in [-0.39, 0.29) is 17.2 Å². The van der Waals surface area contributed by atoms with Crippen LogP contribution in [0.1, 0.15) is 51.2 Å². The number of sulfonamides is 1. The number of allylic oxidation sites excluding steroid dienone is 1. The maximum Gasteiger partial charge on any atom is 0.260 e. The molecular weight excluding hydrogens is 352 g/mol. The van der Waals surface area contributed by atoms with Crippen molar-refractivity contribution in [1.82, 2.24) is 10.0 Å². The summed E-state index contributed by atoms with van der Waals surface area (Å²) in [4.78, 5) is 23.9. The molecule has 6 nitrogen and oxygen atoms in total. The molecule has 0 unspecified atom stereocenters. The van der Waals surface area contributed by atoms with E-state index in [1.165, 1.54) is 0 Å². The number of hydrogen-bond donors (Lipinski definition) is 2. The summed E-state index contributed by atoms with van der Waals surface area (Å²) in [5, 5.41) is 2.74. The van der Waals surface area contributed by atoms with Crippen molar-refractivity contribution in [2.24, 2.45) is 5.41 Å². The molecule has 0 bridgehead atoms. The fourth-order valence-corrected chi connectivity index (χ4v) is 3.79. The number of amides is 2. The zero-order chi connectivity index (χ0) is 19.4. The number of fused-ring (bicyclic) bond motifs is 1. The van der Waals surface area contributed by atoms with E-state index in [1.807, 2.05) is 24.3 Å². The van der Waals surface area contributed by atoms with E-state index in [2.05, 4.69) is 10.0 Å². The van der Waals surface area contributed by atoms with Crippen LogP contribution in [0.3, 0.4) is 0 Å². The monoisotopic (exact) mass is 378 g/mol. The van der Waals surface area contributed by atoms with Crippen LogP contribution in [0.4, 0.5) is 0 Å². The summed E-state index contributed by atoms with van der Waals surface area (Å²) in [5.74, 6) is -0.661. The number of carbonyl (C=O) groups excluding carboxylic acids is 2. The molecule has 1 aliphatic carbocycles. The Morgan fingerprint density at radius 1 is 1.12 bits per heavy atom. The van der Waals surface area contributed by atoms with Crippen LogP contribution in [0.2, 0.25) is 0 Å². The highest BCUT2D eigenvalue weighted by atomic mass is 32.2. The van der Waals surface area contributed by atoms with Crippen molar-refractivity contribution in [1.29, 1.82) is 0 Å². The van der Waals surface area contributed by atoms with Gasteiger partial charge in [0.1, 0.15) is 0 Å². The van der Waals surface area contributed by atoms with Crippen molar-refractivity contribution in [2.45, 2.75) is 46.5 Å². The summed E-state index contributed by atoms with van der Waals surface area (Å²) in [6.45, 7) is 5.74. The summed E-state index contributed by atoms with van der Waals surface area (Å²) in [6, 6.07) is 7.62. The Hall–Kier alpha value is -2.15. The predicted octanol–water partition coefficient (Wildman–Crippen LogP) is 2.36. The van der Waals surface area contributed by atoms with Crippen molar-refractivity contribution in [3.05, 3.63) is 40.3 Å². The SMILES string of the molecule is CC(C)(C)C(=O)NCCCC(=O)NS(=O)(=O)C1=Cc2ccccc2CC1. The molecule has 0 spiro atoms. The van der Waals surface area contributed by atoms with Gasteiger partial charge in [0.2, 0.25) is 11.8 Å². The number of aryl methyl sites for hydroxylation is 1. The number of hydrogen-bond acceptors (Lipinski definition) is 4. The van der Waals surface area contributed by atoms with Gasteiger partial charge in [-0.05, 0) is 36.5 Å². The van der Waals surface area contributed by atoms with Crippen molar-refractivity contribution in [3.63, 3.8) is 0 Å². The fourth-order valence-electron chi connectivity index (χ4n) is 2.60. The van der Waals surface area contributed by atoms with Gasteiger partial charge in [0, 0.05) is 18.4 Å². The topological polar surface area (TPSA) is 92.3 Å². The summed E-state index contributed by atoms with van der Waals surface area (Å²) >= 11 is 0. The standard InChI is InChI=1S/C19H26N2O4S/c1-19(2,3)18(23)20-12-6-9-17(22)21-26(24,25)16-11-10-14-7-4-5-8-15(14)13-16/h4-5,7-8,13H,6,9-12H2,1-3H3,(H,20,23)(H,21,22). The molecule has 1 aromatic carbocycles. The zero-order valence-electron chi connectivity index (χ0n) is 15.5. The van der Waals surface area contributed by atoms with Crippen LogP contribution < -0.4 is 10.0 Å². The molecule has 0 saturated carbocycles. The molecule has 26 heavy (non-hydrogen) atoms. The lowest BCUT2D eigenvalue weighted by Crippen LogP contribution is -2.36. The Balaban J connectivity index is 1.87. The van der Waals surface area contributed by atoms with Gasteiger partial charge in [-0.2, -0.15) is 0 Å². The second-order valence-electron chi connectivity index (χ2n) is 7.45. The molecule has 0 aromatic heterocycles. The van der Waals surface area contributed by atoms with Crippen LogP contribution in [0, 0.1) is 5.41 Å². The van der Waals surface area contributed by atoms with Gasteiger partial charge < -0.3 is 5.32 Å². The van der Waals surface area contributed by atoms with Gasteiger partial charge in [-0.3, -0.25) is 9.59 Å². The third-order valence-electron chi connectivity index (χ3n) is 4.15. The summed E-state index contributed by atoms with van der Waals surface area (Å²) in [5.41, 5.74) is 1.49. The smallest absolute Gasteiger partial charge is 0.260 e. The predicted molar refractivity (Wildman–Crippen MR) is 102 cm³/mol. The first-order valence-electron chi connectivity index (χ1n) is 8.72. The molecule has 2 N–H and O–H groups in total. The van der Waals surface area contributed by atoms with E-state index < -0.39 is 21.3 Å². The molecule has 0 atom stereocenters. The highest BCUT2D eigenvalue weighted by molar-refractivity contribution is 7.94. The van der Waals surface area contributed by atoms with E-state index >= 15 is 0 Å². The normalized spacial score (nSPS) is 14.2. The average molecular weight is 378 g/mol. The lowest BCUT2D eigenvalue weighted by molar-refractivity contribution is -0.128. The van der Waals surface area contributed by atoms with Crippen LogP contribution in [-0.4, -0.2) is 26.8 Å². The first kappa shape index (κ1) is 20.2. The molecule has 1 aromatic rings. The van der Waals surface area contributed by atoms with Gasteiger partial charge in [0.25, 0.3) is 10.0 Å². The maximum absolute atomic E-state index is 12.4. The largest absolute Gasteiger partial charge is 0.356 e. The summed E-state index contributed by atoms with van der Waals surface area (Å²) in [6.07, 6.45) is 3.05. The summed E-state index contributed by atoms with van der Waals surface area (Å²) in [7, 11) is -3.83. The zero-order valence-corrected chi connectivity index (χ0v) is 16.3. The highest BCUT2D eigenvalue weighted by Gasteiger charge is 2.24. The van der Waals surface area contributed by atoms with Gasteiger partial charge in [-0.25, -0.2) is 13.1 Å². The van der Waals surface area contributed by atoms with Crippen LogP contribution >= 0.6 is 0 Å². The minimum absolute atomic E-state index is 0.0352. The number of rotatable bonds is 6. The summed E-state index contributed by atoms with van der Waals surface area (Å²) < 4.78 is 26.9. The van der Waals surface area contributed by atoms with Crippen LogP contribution in [0.15, 0.2) is 29.2 Å². The van der Waals surface area contributed by atoms with Crippen LogP contribution in [-0.2, 0) is 26.0 Å². The second kappa shape index (κ2) is 8.03. The van der Waals surface area contributed by atoms with E-state index in [9.17, 15) is 18.0 Å². The number of nitrogens with one attached hydrogen (secondary N) is 2. The molecule has 0 heterocycles. The Kier molecular flexibility index (Phi) is 6.23. The van der Waals surface area contributed by atoms with Gasteiger partial charge in [-0.15, -0.1) is 0 Å². The minimum atomic E-state index is -3.83. The quantitative estimate of drug-likeness (QED) is 0.743. The highest BCUT2D eigenvalue weighted by Crippen LogP contribution is 2.26. The lowest BCUT2D eigenvalue weighted by atomic mass is 9.96. The molecule has 7 heteroatoms. The van der Waals surface area contributed by atoms with Crippen molar-refractivity contribution < 1.29 is 18.0 Å². The first-order chi connectivity index (χ1) is 12.1. The van der Waals surface area contributed by atoms with E-state index in [4.69, 9.17) is 0 Å². The molecule has 0 aliphatic heterocycles. The van der Waals surface area contributed by atoms with Crippen molar-refractivity contribution in [3.8, 4) is 0 Å². The van der Waals surface area contributed by atoms with E-state index in [1.54, 1.807) is 26.8 Å². The van der Waals surface area contributed by atoms with E-state index in [0.29, 0.717) is 25.8 Å². The number of carbonyl (C=O) groups is 2. The van der Waals surface area contributed by atoms with Crippen LogP contribution in [0.5, 0.6) is 0 Å². The Morgan fingerprint density at radius 3 is 2.50 bits per heavy atom. The molecule has 0 fully saturated rings. The Bertz CT molecular complexity index is 820. The van der Waals surface area contributed by atoms with Gasteiger partial charge >= 0.3 is 0 Å². The average Bonchev–Trinajstić information content (AvgIpc) is 2.56. The number of benzene rings is 1. The second-order valence-corrected chi connectivity index (χ2v) is 9.18. The molecule has 0 saturated heterocycles. The third-order valence-corrected chi connectivity index (χ3v) is 5.66. The minimum Gasteiger partial charge on any atom is -0.356 e. The van der Waals surface area contributed by atoms with Crippen LogP contribution in [0.25, 0.3) is 6.08 Å². The molecule has 2 rings (SSSR count). The van der Waals surface area contributed by atoms with Gasteiger partial charge in [0.15, 0.2) is 0 Å². The maximum atomic E-state index is 12.4. The first-order valence-corrected chi connectivity index (χ1v) is 10.2. The molecule has 142 valence electrons. The lowest BCUT2D eigenvalue weighted by Gasteiger charge is -2.18. The molecule has 1 aliphatic rings. The molecular formula is C19H26N2O4S. The fraction of sp³-hybridized carbons (Fsp3) is 0.474. The Labute approximate surface area is 155 Å². The third kappa shape index (κ3) is 5.42. The van der Waals surface area contributed by atoms with Crippen molar-refractivity contribution >= 4 is 27.9 Å². The Morgan fingerprint density at radius 2 is 1.81 bits per heavy atom. The van der Waals surface area contributed by atoms with Crippen molar-refractivity contribution in [2.75, 3.05) is 6.54 Å². The van der Waals surface area contributed by atoms with Gasteiger partial charge in [-0.1, -0.05) is 45.0 Å². The molecule has 2 amide bonds.